The first-order chi connectivity index (χ1) is 12.1. The maximum absolute atomic E-state index is 12.2. The molecular weight excluding hydrogens is 318 g/mol. The molecule has 7 heteroatoms. The fraction of sp³-hybridized carbons (Fsp3) is 0.500. The summed E-state index contributed by atoms with van der Waals surface area (Å²) in [6, 6.07) is 9.83. The summed E-state index contributed by atoms with van der Waals surface area (Å²) in [4.78, 5) is 13.8. The smallest absolute Gasteiger partial charge is 0.220 e. The van der Waals surface area contributed by atoms with Crippen LogP contribution in [0.15, 0.2) is 30.3 Å². The molecule has 1 aromatic carbocycles. The van der Waals surface area contributed by atoms with E-state index >= 15 is 0 Å². The van der Waals surface area contributed by atoms with E-state index in [2.05, 4.69) is 20.8 Å². The summed E-state index contributed by atoms with van der Waals surface area (Å²) in [6.07, 6.45) is 1.24. The molecule has 7 nitrogen and oxygen atoms in total. The molecule has 0 spiro atoms. The lowest BCUT2D eigenvalue weighted by molar-refractivity contribution is -0.122. The van der Waals surface area contributed by atoms with Crippen LogP contribution in [0, 0.1) is 6.92 Å². The number of hydrogen-bond donors (Lipinski definition) is 2. The molecule has 2 N–H and O–H groups in total. The average Bonchev–Trinajstić information content (AvgIpc) is 3.03. The quantitative estimate of drug-likeness (QED) is 0.831. The van der Waals surface area contributed by atoms with Gasteiger partial charge in [0.25, 0.3) is 0 Å². The van der Waals surface area contributed by atoms with E-state index in [1.165, 1.54) is 0 Å². The van der Waals surface area contributed by atoms with Crippen LogP contribution in [0.3, 0.4) is 0 Å². The average molecular weight is 343 g/mol. The van der Waals surface area contributed by atoms with Crippen LogP contribution in [0.1, 0.15) is 37.2 Å². The number of carbonyl (C=O) groups excluding carboxylic acids is 1. The highest BCUT2D eigenvalue weighted by Crippen LogP contribution is 2.15. The maximum atomic E-state index is 12.2. The zero-order valence-corrected chi connectivity index (χ0v) is 14.7. The lowest BCUT2D eigenvalue weighted by Crippen LogP contribution is -2.42. The highest BCUT2D eigenvalue weighted by Gasteiger charge is 2.19. The molecule has 2 unspecified atom stereocenters. The molecule has 0 bridgehead atoms. The number of aromatic nitrogens is 3. The highest BCUT2D eigenvalue weighted by molar-refractivity contribution is 5.76. The van der Waals surface area contributed by atoms with Crippen LogP contribution in [0.4, 0.5) is 0 Å². The Morgan fingerprint density at radius 2 is 2.20 bits per heavy atom. The summed E-state index contributed by atoms with van der Waals surface area (Å²) in [6.45, 7) is 6.12. The number of ether oxygens (including phenoxy) is 1. The molecule has 1 aliphatic rings. The van der Waals surface area contributed by atoms with Gasteiger partial charge in [0.1, 0.15) is 5.69 Å². The van der Waals surface area contributed by atoms with Gasteiger partial charge in [-0.2, -0.15) is 15.0 Å². The number of nitrogens with zero attached hydrogens (tertiary/aromatic N) is 3. The lowest BCUT2D eigenvalue weighted by Gasteiger charge is -2.23. The van der Waals surface area contributed by atoms with Crippen molar-refractivity contribution < 1.29 is 9.53 Å². The van der Waals surface area contributed by atoms with Gasteiger partial charge in [0.15, 0.2) is 0 Å². The van der Waals surface area contributed by atoms with Gasteiger partial charge in [0.05, 0.1) is 30.6 Å². The summed E-state index contributed by atoms with van der Waals surface area (Å²) in [5, 5.41) is 15.4. The van der Waals surface area contributed by atoms with Gasteiger partial charge in [-0.3, -0.25) is 4.79 Å². The van der Waals surface area contributed by atoms with E-state index in [1.807, 2.05) is 44.2 Å². The normalized spacial score (nSPS) is 18.7. The third-order valence-electron chi connectivity index (χ3n) is 4.31. The highest BCUT2D eigenvalue weighted by atomic mass is 16.5. The van der Waals surface area contributed by atoms with Crippen molar-refractivity contribution in [1.82, 2.24) is 25.6 Å². The van der Waals surface area contributed by atoms with Gasteiger partial charge >= 0.3 is 0 Å². The van der Waals surface area contributed by atoms with E-state index < -0.39 is 0 Å². The predicted octanol–water partition coefficient (Wildman–Crippen LogP) is 1.52. The summed E-state index contributed by atoms with van der Waals surface area (Å²) < 4.78 is 5.41. The molecule has 2 atom stereocenters. The van der Waals surface area contributed by atoms with Gasteiger partial charge < -0.3 is 15.4 Å². The molecule has 25 heavy (non-hydrogen) atoms. The minimum absolute atomic E-state index is 0.0218. The third kappa shape index (κ3) is 4.64. The van der Waals surface area contributed by atoms with Crippen molar-refractivity contribution in [3.63, 3.8) is 0 Å². The van der Waals surface area contributed by atoms with Crippen molar-refractivity contribution in [2.24, 2.45) is 0 Å². The molecule has 134 valence electrons. The number of carbonyl (C=O) groups is 1. The Balaban J connectivity index is 1.56. The Labute approximate surface area is 147 Å². The second-order valence-corrected chi connectivity index (χ2v) is 6.35. The van der Waals surface area contributed by atoms with E-state index in [0.29, 0.717) is 13.0 Å². The lowest BCUT2D eigenvalue weighted by atomic mass is 10.1. The number of aryl methyl sites for hydroxylation is 1. The molecule has 0 aliphatic carbocycles. The van der Waals surface area contributed by atoms with Crippen molar-refractivity contribution >= 4 is 5.91 Å². The Morgan fingerprint density at radius 1 is 1.40 bits per heavy atom. The number of hydrogen-bond acceptors (Lipinski definition) is 5. The van der Waals surface area contributed by atoms with Gasteiger partial charge in [-0.15, -0.1) is 0 Å². The van der Waals surface area contributed by atoms with Crippen LogP contribution < -0.4 is 10.6 Å². The molecule has 1 fully saturated rings. The van der Waals surface area contributed by atoms with E-state index in [9.17, 15) is 4.79 Å². The fourth-order valence-corrected chi connectivity index (χ4v) is 2.96. The zero-order chi connectivity index (χ0) is 17.6. The Bertz CT molecular complexity index is 695. The predicted molar refractivity (Wildman–Crippen MR) is 94.5 cm³/mol. The molecule has 2 aromatic rings. The molecule has 1 aliphatic heterocycles. The van der Waals surface area contributed by atoms with Crippen LogP contribution >= 0.6 is 0 Å². The summed E-state index contributed by atoms with van der Waals surface area (Å²) in [5.41, 5.74) is 2.51. The Hall–Kier alpha value is -2.25. The summed E-state index contributed by atoms with van der Waals surface area (Å²) in [7, 11) is 0. The Kier molecular flexibility index (Phi) is 5.78. The van der Waals surface area contributed by atoms with Crippen LogP contribution in [0.25, 0.3) is 5.69 Å². The van der Waals surface area contributed by atoms with Crippen LogP contribution in [0.5, 0.6) is 0 Å². The van der Waals surface area contributed by atoms with Crippen LogP contribution in [0.2, 0.25) is 0 Å². The molecular formula is C18H25N5O2. The molecule has 0 saturated carbocycles. The van der Waals surface area contributed by atoms with Gasteiger partial charge in [0.2, 0.25) is 5.91 Å². The number of amides is 1. The van der Waals surface area contributed by atoms with E-state index in [1.54, 1.807) is 4.80 Å². The van der Waals surface area contributed by atoms with Crippen molar-refractivity contribution in [2.45, 2.75) is 38.8 Å². The number of morpholine rings is 1. The first kappa shape index (κ1) is 17.6. The standard InChI is InChI=1S/C18H25N5O2/c1-13(20-17(24)9-8-15-12-25-11-10-19-15)18-14(2)21-23(22-18)16-6-4-3-5-7-16/h3-7,13,15,19H,8-12H2,1-2H3,(H,20,24). The van der Waals surface area contributed by atoms with Gasteiger partial charge in [-0.25, -0.2) is 0 Å². The minimum Gasteiger partial charge on any atom is -0.379 e. The topological polar surface area (TPSA) is 81.1 Å². The Morgan fingerprint density at radius 3 is 2.92 bits per heavy atom. The number of para-hydroxylation sites is 1. The molecule has 3 rings (SSSR count). The van der Waals surface area contributed by atoms with Crippen LogP contribution in [-0.4, -0.2) is 46.7 Å². The monoisotopic (exact) mass is 343 g/mol. The fourth-order valence-electron chi connectivity index (χ4n) is 2.96. The SMILES string of the molecule is Cc1nn(-c2ccccc2)nc1C(C)NC(=O)CCC1COCCN1. The van der Waals surface area contributed by atoms with Crippen molar-refractivity contribution in [3.05, 3.63) is 41.7 Å². The van der Waals surface area contributed by atoms with Gasteiger partial charge in [-0.1, -0.05) is 18.2 Å². The maximum Gasteiger partial charge on any atom is 0.220 e. The van der Waals surface area contributed by atoms with Gasteiger partial charge in [0, 0.05) is 19.0 Å². The molecule has 1 aromatic heterocycles. The van der Waals surface area contributed by atoms with E-state index in [-0.39, 0.29) is 18.0 Å². The summed E-state index contributed by atoms with van der Waals surface area (Å²) >= 11 is 0. The van der Waals surface area contributed by atoms with Crippen LogP contribution in [-0.2, 0) is 9.53 Å². The van der Waals surface area contributed by atoms with Gasteiger partial charge in [-0.05, 0) is 32.4 Å². The number of rotatable bonds is 6. The molecule has 1 saturated heterocycles. The third-order valence-corrected chi connectivity index (χ3v) is 4.31. The number of nitrogens with one attached hydrogen (secondary N) is 2. The first-order valence-corrected chi connectivity index (χ1v) is 8.73. The summed E-state index contributed by atoms with van der Waals surface area (Å²) in [5.74, 6) is 0.0218. The number of benzene rings is 1. The minimum atomic E-state index is -0.180. The second kappa shape index (κ2) is 8.22. The van der Waals surface area contributed by atoms with Crippen molar-refractivity contribution in [2.75, 3.05) is 19.8 Å². The second-order valence-electron chi connectivity index (χ2n) is 6.35. The largest absolute Gasteiger partial charge is 0.379 e. The molecule has 0 radical (unpaired) electrons. The first-order valence-electron chi connectivity index (χ1n) is 8.73. The van der Waals surface area contributed by atoms with Crippen molar-refractivity contribution in [1.29, 1.82) is 0 Å². The van der Waals surface area contributed by atoms with Crippen molar-refractivity contribution in [3.8, 4) is 5.69 Å². The van der Waals surface area contributed by atoms with E-state index in [4.69, 9.17) is 4.74 Å². The zero-order valence-electron chi connectivity index (χ0n) is 14.7. The van der Waals surface area contributed by atoms with E-state index in [0.717, 1.165) is 36.6 Å². The molecule has 2 heterocycles. The molecule has 1 amide bonds.